The first kappa shape index (κ1) is 13.2. The minimum absolute atomic E-state index is 0.102. The molecule has 1 N–H and O–H groups in total. The Labute approximate surface area is 112 Å². The predicted octanol–water partition coefficient (Wildman–Crippen LogP) is 2.75. The van der Waals surface area contributed by atoms with Crippen molar-refractivity contribution in [2.75, 3.05) is 10.5 Å². The fraction of sp³-hybridized carbons (Fsp3) is 0.417. The summed E-state index contributed by atoms with van der Waals surface area (Å²) in [5, 5.41) is 9.33. The average Bonchev–Trinajstić information content (AvgIpc) is 3.13. The summed E-state index contributed by atoms with van der Waals surface area (Å²) in [7, 11) is -3.38. The van der Waals surface area contributed by atoms with E-state index in [9.17, 15) is 8.42 Å². The molecule has 0 heterocycles. The van der Waals surface area contributed by atoms with Crippen LogP contribution in [-0.2, 0) is 10.0 Å². The van der Waals surface area contributed by atoms with E-state index in [2.05, 4.69) is 4.72 Å². The Morgan fingerprint density at radius 3 is 2.78 bits per heavy atom. The Bertz CT molecular complexity index is 589. The number of nitrogens with one attached hydrogen (secondary N) is 1. The smallest absolute Gasteiger partial charge is 0.232 e. The number of benzene rings is 1. The number of sulfonamides is 1. The molecule has 0 saturated heterocycles. The van der Waals surface area contributed by atoms with E-state index < -0.39 is 10.0 Å². The summed E-state index contributed by atoms with van der Waals surface area (Å²) in [5.41, 5.74) is 0.523. The lowest BCUT2D eigenvalue weighted by Crippen LogP contribution is -2.17. The monoisotopic (exact) mass is 284 g/mol. The zero-order valence-corrected chi connectivity index (χ0v) is 11.3. The molecule has 0 aliphatic heterocycles. The van der Waals surface area contributed by atoms with Crippen molar-refractivity contribution in [2.45, 2.75) is 19.3 Å². The fourth-order valence-electron chi connectivity index (χ4n) is 1.64. The summed E-state index contributed by atoms with van der Waals surface area (Å²) in [5.74, 6) is 0.660. The van der Waals surface area contributed by atoms with Gasteiger partial charge in [-0.05, 0) is 30.5 Å². The zero-order chi connectivity index (χ0) is 13.2. The molecule has 0 spiro atoms. The summed E-state index contributed by atoms with van der Waals surface area (Å²) in [6.07, 6.45) is 2.94. The van der Waals surface area contributed by atoms with Gasteiger partial charge in [-0.2, -0.15) is 5.26 Å². The van der Waals surface area contributed by atoms with Crippen LogP contribution in [0.25, 0.3) is 0 Å². The molecule has 1 aliphatic rings. The third kappa shape index (κ3) is 3.62. The second kappa shape index (κ2) is 5.17. The molecule has 0 unspecified atom stereocenters. The van der Waals surface area contributed by atoms with Gasteiger partial charge in [0.1, 0.15) is 6.07 Å². The second-order valence-electron chi connectivity index (χ2n) is 4.45. The van der Waals surface area contributed by atoms with E-state index in [4.69, 9.17) is 16.9 Å². The van der Waals surface area contributed by atoms with Crippen LogP contribution >= 0.6 is 11.6 Å². The van der Waals surface area contributed by atoms with Gasteiger partial charge in [0.2, 0.25) is 10.0 Å². The van der Waals surface area contributed by atoms with Crippen molar-refractivity contribution >= 4 is 27.3 Å². The van der Waals surface area contributed by atoms with Crippen LogP contribution in [0.15, 0.2) is 18.2 Å². The molecule has 1 aromatic rings. The zero-order valence-electron chi connectivity index (χ0n) is 9.69. The van der Waals surface area contributed by atoms with Gasteiger partial charge in [0.05, 0.1) is 17.0 Å². The van der Waals surface area contributed by atoms with Crippen molar-refractivity contribution in [1.29, 1.82) is 5.26 Å². The van der Waals surface area contributed by atoms with Crippen molar-refractivity contribution in [3.05, 3.63) is 28.8 Å². The quantitative estimate of drug-likeness (QED) is 0.904. The van der Waals surface area contributed by atoms with E-state index in [1.54, 1.807) is 6.07 Å². The summed E-state index contributed by atoms with van der Waals surface area (Å²) in [6, 6.07) is 6.44. The van der Waals surface area contributed by atoms with Gasteiger partial charge in [-0.25, -0.2) is 8.42 Å². The van der Waals surface area contributed by atoms with Crippen molar-refractivity contribution < 1.29 is 8.42 Å². The molecule has 0 amide bonds. The lowest BCUT2D eigenvalue weighted by molar-refractivity contribution is 0.595. The van der Waals surface area contributed by atoms with Gasteiger partial charge in [0.25, 0.3) is 0 Å². The van der Waals surface area contributed by atoms with Gasteiger partial charge in [-0.3, -0.25) is 4.72 Å². The summed E-state index contributed by atoms with van der Waals surface area (Å²) in [4.78, 5) is 0. The summed E-state index contributed by atoms with van der Waals surface area (Å²) >= 11 is 5.75. The van der Waals surface area contributed by atoms with Crippen LogP contribution in [0.3, 0.4) is 0 Å². The Morgan fingerprint density at radius 1 is 1.44 bits per heavy atom. The number of hydrogen-bond acceptors (Lipinski definition) is 3. The number of nitrogens with zero attached hydrogens (tertiary/aromatic N) is 1. The molecular formula is C12H13ClN2O2S. The minimum atomic E-state index is -3.38. The Morgan fingerprint density at radius 2 is 2.17 bits per heavy atom. The number of hydrogen-bond donors (Lipinski definition) is 1. The van der Waals surface area contributed by atoms with E-state index in [1.807, 2.05) is 6.07 Å². The molecule has 2 rings (SSSR count). The molecule has 0 radical (unpaired) electrons. The molecule has 1 aromatic carbocycles. The first-order chi connectivity index (χ1) is 8.50. The summed E-state index contributed by atoms with van der Waals surface area (Å²) < 4.78 is 26.1. The van der Waals surface area contributed by atoms with Gasteiger partial charge >= 0.3 is 0 Å². The van der Waals surface area contributed by atoms with Crippen molar-refractivity contribution in [3.8, 4) is 6.07 Å². The molecule has 0 aromatic heterocycles. The third-order valence-corrected chi connectivity index (χ3v) is 4.40. The molecule has 0 atom stereocenters. The highest BCUT2D eigenvalue weighted by Gasteiger charge is 2.24. The van der Waals surface area contributed by atoms with Crippen LogP contribution in [0, 0.1) is 17.2 Å². The van der Waals surface area contributed by atoms with Gasteiger partial charge in [0.15, 0.2) is 0 Å². The van der Waals surface area contributed by atoms with Crippen LogP contribution < -0.4 is 4.72 Å². The Balaban J connectivity index is 2.10. The number of anilines is 1. The molecule has 96 valence electrons. The fourth-order valence-corrected chi connectivity index (χ4v) is 3.08. The average molecular weight is 285 g/mol. The molecule has 4 nitrogen and oxygen atoms in total. The van der Waals surface area contributed by atoms with Crippen molar-refractivity contribution in [3.63, 3.8) is 0 Å². The van der Waals surface area contributed by atoms with Crippen molar-refractivity contribution in [1.82, 2.24) is 0 Å². The van der Waals surface area contributed by atoms with Crippen LogP contribution in [0.1, 0.15) is 24.8 Å². The van der Waals surface area contributed by atoms with Crippen LogP contribution in [-0.4, -0.2) is 14.2 Å². The molecule has 18 heavy (non-hydrogen) atoms. The first-order valence-corrected chi connectivity index (χ1v) is 7.73. The molecule has 1 saturated carbocycles. The highest BCUT2D eigenvalue weighted by Crippen LogP contribution is 2.32. The first-order valence-electron chi connectivity index (χ1n) is 5.70. The van der Waals surface area contributed by atoms with E-state index in [-0.39, 0.29) is 17.0 Å². The summed E-state index contributed by atoms with van der Waals surface area (Å²) in [6.45, 7) is 0. The predicted molar refractivity (Wildman–Crippen MR) is 70.9 cm³/mol. The normalized spacial score (nSPS) is 15.1. The maximum absolute atomic E-state index is 11.8. The van der Waals surface area contributed by atoms with Gasteiger partial charge in [0, 0.05) is 5.02 Å². The lowest BCUT2D eigenvalue weighted by Gasteiger charge is -2.09. The van der Waals surface area contributed by atoms with Gasteiger partial charge in [-0.15, -0.1) is 0 Å². The van der Waals surface area contributed by atoms with E-state index >= 15 is 0 Å². The maximum Gasteiger partial charge on any atom is 0.232 e. The highest BCUT2D eigenvalue weighted by atomic mass is 35.5. The van der Waals surface area contributed by atoms with Gasteiger partial charge in [-0.1, -0.05) is 24.4 Å². The lowest BCUT2D eigenvalue weighted by atomic mass is 10.2. The standard InChI is InChI=1S/C12H13ClN2O2S/c13-11-3-4-12(10(7-11)8-14)15-18(16,17)6-5-9-1-2-9/h3-4,7,9,15H,1-2,5-6H2. The van der Waals surface area contributed by atoms with Gasteiger partial charge < -0.3 is 0 Å². The Hall–Kier alpha value is -1.25. The largest absolute Gasteiger partial charge is 0.282 e. The Kier molecular flexibility index (Phi) is 3.79. The molecule has 1 aliphatic carbocycles. The second-order valence-corrected chi connectivity index (χ2v) is 6.73. The number of nitriles is 1. The molecule has 0 bridgehead atoms. The number of halogens is 1. The van der Waals surface area contributed by atoms with Crippen molar-refractivity contribution in [2.24, 2.45) is 5.92 Å². The molecule has 1 fully saturated rings. The topological polar surface area (TPSA) is 70.0 Å². The van der Waals surface area contributed by atoms with E-state index in [0.29, 0.717) is 17.4 Å². The van der Waals surface area contributed by atoms with Crippen LogP contribution in [0.4, 0.5) is 5.69 Å². The highest BCUT2D eigenvalue weighted by molar-refractivity contribution is 7.92. The van der Waals surface area contributed by atoms with E-state index in [1.165, 1.54) is 12.1 Å². The third-order valence-electron chi connectivity index (χ3n) is 2.86. The molecule has 6 heteroatoms. The minimum Gasteiger partial charge on any atom is -0.282 e. The van der Waals surface area contributed by atoms with E-state index in [0.717, 1.165) is 12.8 Å². The van der Waals surface area contributed by atoms with Crippen LogP contribution in [0.2, 0.25) is 5.02 Å². The molecular weight excluding hydrogens is 272 g/mol. The maximum atomic E-state index is 11.8. The van der Waals surface area contributed by atoms with Crippen LogP contribution in [0.5, 0.6) is 0 Å². The SMILES string of the molecule is N#Cc1cc(Cl)ccc1NS(=O)(=O)CCC1CC1. The number of rotatable bonds is 5.